The number of anilines is 1. The van der Waals surface area contributed by atoms with Crippen LogP contribution in [0.5, 0.6) is 11.5 Å². The van der Waals surface area contributed by atoms with Crippen LogP contribution in [0.4, 0.5) is 5.69 Å². The SMILES string of the molecule is CC(C)(C)c1[nH]c2ccc(NC(=O)C3(c4ccc5c(c4)OCO5)CC3)cc2c1/C=N/O. The number of rotatable bonds is 4. The zero-order valence-electron chi connectivity index (χ0n) is 17.8. The van der Waals surface area contributed by atoms with E-state index in [1.807, 2.05) is 36.4 Å². The van der Waals surface area contributed by atoms with Gasteiger partial charge in [-0.1, -0.05) is 32.0 Å². The van der Waals surface area contributed by atoms with Crippen molar-refractivity contribution in [3.63, 3.8) is 0 Å². The molecule has 7 heteroatoms. The number of carbonyl (C=O) groups is 1. The zero-order chi connectivity index (χ0) is 21.8. The number of amides is 1. The molecule has 2 aliphatic rings. The fourth-order valence-electron chi connectivity index (χ4n) is 4.29. The van der Waals surface area contributed by atoms with Crippen molar-refractivity contribution in [2.24, 2.45) is 5.16 Å². The van der Waals surface area contributed by atoms with Gasteiger partial charge in [0, 0.05) is 33.3 Å². The van der Waals surface area contributed by atoms with Gasteiger partial charge >= 0.3 is 0 Å². The van der Waals surface area contributed by atoms with E-state index in [9.17, 15) is 10.0 Å². The average Bonchev–Trinajstić information content (AvgIpc) is 3.27. The van der Waals surface area contributed by atoms with E-state index in [1.54, 1.807) is 0 Å². The minimum absolute atomic E-state index is 0.0327. The van der Waals surface area contributed by atoms with E-state index < -0.39 is 5.41 Å². The summed E-state index contributed by atoms with van der Waals surface area (Å²) in [5.41, 5.74) is 3.67. The molecule has 3 aromatic rings. The van der Waals surface area contributed by atoms with Crippen LogP contribution in [0.2, 0.25) is 0 Å². The molecule has 5 rings (SSSR count). The predicted octanol–water partition coefficient (Wildman–Crippen LogP) is 4.67. The van der Waals surface area contributed by atoms with E-state index >= 15 is 0 Å². The summed E-state index contributed by atoms with van der Waals surface area (Å²) in [6.07, 6.45) is 3.03. The molecule has 160 valence electrons. The molecule has 1 saturated carbocycles. The number of oxime groups is 1. The van der Waals surface area contributed by atoms with Crippen molar-refractivity contribution in [2.75, 3.05) is 12.1 Å². The summed E-state index contributed by atoms with van der Waals surface area (Å²) >= 11 is 0. The third-order valence-electron chi connectivity index (χ3n) is 6.14. The normalized spacial score (nSPS) is 16.7. The molecule has 0 saturated heterocycles. The first-order chi connectivity index (χ1) is 14.8. The van der Waals surface area contributed by atoms with Crippen LogP contribution in [-0.2, 0) is 15.6 Å². The predicted molar refractivity (Wildman–Crippen MR) is 118 cm³/mol. The van der Waals surface area contributed by atoms with Crippen molar-refractivity contribution in [1.29, 1.82) is 0 Å². The highest BCUT2D eigenvalue weighted by Crippen LogP contribution is 2.51. The molecule has 7 nitrogen and oxygen atoms in total. The Balaban J connectivity index is 1.46. The Morgan fingerprint density at radius 3 is 2.65 bits per heavy atom. The fraction of sp³-hybridized carbons (Fsp3) is 0.333. The maximum atomic E-state index is 13.3. The Labute approximate surface area is 180 Å². The number of ether oxygens (including phenoxy) is 2. The van der Waals surface area contributed by atoms with Gasteiger partial charge in [-0.25, -0.2) is 0 Å². The van der Waals surface area contributed by atoms with Crippen molar-refractivity contribution in [3.8, 4) is 11.5 Å². The van der Waals surface area contributed by atoms with Crippen molar-refractivity contribution in [1.82, 2.24) is 4.98 Å². The number of benzene rings is 2. The molecule has 1 aromatic heterocycles. The highest BCUT2D eigenvalue weighted by Gasteiger charge is 2.51. The van der Waals surface area contributed by atoms with Crippen LogP contribution in [0.15, 0.2) is 41.6 Å². The Kier molecular flexibility index (Phi) is 4.25. The third kappa shape index (κ3) is 3.21. The highest BCUT2D eigenvalue weighted by atomic mass is 16.7. The lowest BCUT2D eigenvalue weighted by molar-refractivity contribution is -0.118. The monoisotopic (exact) mass is 419 g/mol. The minimum Gasteiger partial charge on any atom is -0.454 e. The summed E-state index contributed by atoms with van der Waals surface area (Å²) in [5, 5.41) is 16.4. The first-order valence-electron chi connectivity index (χ1n) is 10.4. The minimum atomic E-state index is -0.542. The van der Waals surface area contributed by atoms with E-state index in [0.717, 1.165) is 40.6 Å². The Morgan fingerprint density at radius 1 is 1.16 bits per heavy atom. The van der Waals surface area contributed by atoms with Crippen LogP contribution in [0.1, 0.15) is 50.4 Å². The molecular formula is C24H25N3O4. The van der Waals surface area contributed by atoms with Gasteiger partial charge in [0.1, 0.15) is 0 Å². The molecule has 0 bridgehead atoms. The third-order valence-corrected chi connectivity index (χ3v) is 6.14. The molecule has 0 unspecified atom stereocenters. The molecule has 1 fully saturated rings. The highest BCUT2D eigenvalue weighted by molar-refractivity contribution is 6.05. The molecule has 2 aromatic carbocycles. The Morgan fingerprint density at radius 2 is 1.94 bits per heavy atom. The molecular weight excluding hydrogens is 394 g/mol. The lowest BCUT2D eigenvalue weighted by atomic mass is 9.89. The molecule has 1 aliphatic heterocycles. The smallest absolute Gasteiger partial charge is 0.235 e. The molecule has 1 amide bonds. The quantitative estimate of drug-likeness (QED) is 0.325. The molecule has 0 spiro atoms. The maximum absolute atomic E-state index is 13.3. The van der Waals surface area contributed by atoms with Crippen molar-refractivity contribution in [3.05, 3.63) is 53.2 Å². The van der Waals surface area contributed by atoms with Crippen molar-refractivity contribution in [2.45, 2.75) is 44.4 Å². The van der Waals surface area contributed by atoms with Crippen LogP contribution < -0.4 is 14.8 Å². The second kappa shape index (κ2) is 6.77. The lowest BCUT2D eigenvalue weighted by Gasteiger charge is -2.17. The number of nitrogens with one attached hydrogen (secondary N) is 2. The van der Waals surface area contributed by atoms with Gasteiger partial charge < -0.3 is 25.0 Å². The van der Waals surface area contributed by atoms with E-state index in [4.69, 9.17) is 9.47 Å². The lowest BCUT2D eigenvalue weighted by Crippen LogP contribution is -2.27. The van der Waals surface area contributed by atoms with Crippen LogP contribution in [0.25, 0.3) is 10.9 Å². The van der Waals surface area contributed by atoms with Gasteiger partial charge in [0.05, 0.1) is 11.6 Å². The van der Waals surface area contributed by atoms with Gasteiger partial charge in [0.15, 0.2) is 11.5 Å². The van der Waals surface area contributed by atoms with Gasteiger partial charge in [0.25, 0.3) is 0 Å². The summed E-state index contributed by atoms with van der Waals surface area (Å²) in [6.45, 7) is 6.50. The van der Waals surface area contributed by atoms with E-state index in [1.165, 1.54) is 6.21 Å². The number of carbonyl (C=O) groups excluding carboxylic acids is 1. The number of fused-ring (bicyclic) bond motifs is 2. The van der Waals surface area contributed by atoms with Gasteiger partial charge in [-0.05, 0) is 48.7 Å². The number of H-pyrrole nitrogens is 1. The summed E-state index contributed by atoms with van der Waals surface area (Å²) in [7, 11) is 0. The molecule has 2 heterocycles. The van der Waals surface area contributed by atoms with Gasteiger partial charge in [-0.2, -0.15) is 0 Å². The fourth-order valence-corrected chi connectivity index (χ4v) is 4.29. The summed E-state index contributed by atoms with van der Waals surface area (Å²) in [4.78, 5) is 16.7. The second-order valence-electron chi connectivity index (χ2n) is 9.27. The largest absolute Gasteiger partial charge is 0.454 e. The van der Waals surface area contributed by atoms with Crippen molar-refractivity contribution < 1.29 is 19.5 Å². The number of aromatic nitrogens is 1. The number of aromatic amines is 1. The van der Waals surface area contributed by atoms with Crippen LogP contribution in [-0.4, -0.2) is 29.1 Å². The van der Waals surface area contributed by atoms with Crippen LogP contribution in [0, 0.1) is 0 Å². The van der Waals surface area contributed by atoms with E-state index in [-0.39, 0.29) is 18.1 Å². The van der Waals surface area contributed by atoms with Crippen molar-refractivity contribution >= 4 is 28.7 Å². The van der Waals surface area contributed by atoms with E-state index in [2.05, 4.69) is 36.2 Å². The van der Waals surface area contributed by atoms with E-state index in [0.29, 0.717) is 17.2 Å². The Bertz CT molecular complexity index is 1220. The molecule has 0 radical (unpaired) electrons. The Hall–Kier alpha value is -3.48. The number of hydrogen-bond donors (Lipinski definition) is 3. The molecule has 0 atom stereocenters. The first kappa shape index (κ1) is 19.5. The standard InChI is InChI=1S/C24H25N3O4/c1-23(2,3)21-17(12-25-29)16-11-15(5-6-18(16)27-21)26-22(28)24(8-9-24)14-4-7-19-20(10-14)31-13-30-19/h4-7,10-12,27,29H,8-9,13H2,1-3H3,(H,26,28)/b25-12+. The van der Waals surface area contributed by atoms with Gasteiger partial charge in [-0.15, -0.1) is 0 Å². The molecule has 1 aliphatic carbocycles. The number of nitrogens with zero attached hydrogens (tertiary/aromatic N) is 1. The van der Waals surface area contributed by atoms with Crippen LogP contribution >= 0.6 is 0 Å². The average molecular weight is 419 g/mol. The molecule has 3 N–H and O–H groups in total. The maximum Gasteiger partial charge on any atom is 0.235 e. The number of hydrogen-bond acceptors (Lipinski definition) is 5. The van der Waals surface area contributed by atoms with Crippen LogP contribution in [0.3, 0.4) is 0 Å². The summed E-state index contributed by atoms with van der Waals surface area (Å²) in [5.74, 6) is 1.37. The summed E-state index contributed by atoms with van der Waals surface area (Å²) < 4.78 is 10.9. The topological polar surface area (TPSA) is 95.9 Å². The first-order valence-corrected chi connectivity index (χ1v) is 10.4. The second-order valence-corrected chi connectivity index (χ2v) is 9.27. The van der Waals surface area contributed by atoms with Gasteiger partial charge in [0.2, 0.25) is 12.7 Å². The summed E-state index contributed by atoms with van der Waals surface area (Å²) in [6, 6.07) is 11.5. The zero-order valence-corrected chi connectivity index (χ0v) is 17.8. The van der Waals surface area contributed by atoms with Gasteiger partial charge in [-0.3, -0.25) is 4.79 Å². The molecule has 31 heavy (non-hydrogen) atoms.